The summed E-state index contributed by atoms with van der Waals surface area (Å²) in [6.07, 6.45) is 15.3. The molecule has 0 atom stereocenters. The molecule has 0 aromatic heterocycles. The van der Waals surface area contributed by atoms with Crippen LogP contribution in [0.2, 0.25) is 0 Å². The lowest BCUT2D eigenvalue weighted by molar-refractivity contribution is -0.108. The lowest BCUT2D eigenvalue weighted by Gasteiger charge is -2.09. The molecule has 2 rings (SSSR count). The summed E-state index contributed by atoms with van der Waals surface area (Å²) in [4.78, 5) is 19.3. The first kappa shape index (κ1) is 19.5. The van der Waals surface area contributed by atoms with Crippen LogP contribution >= 0.6 is 11.8 Å². The summed E-state index contributed by atoms with van der Waals surface area (Å²) < 4.78 is 5.80. The Morgan fingerprint density at radius 2 is 2.32 bits per heavy atom. The zero-order chi connectivity index (χ0) is 17.7. The monoisotopic (exact) mass is 362 g/mol. The molecule has 0 aromatic rings. The molecule has 3 N–H and O–H groups in total. The maximum Gasteiger partial charge on any atom is 0.213 e. The smallest absolute Gasteiger partial charge is 0.213 e. The van der Waals surface area contributed by atoms with Gasteiger partial charge in [0.25, 0.3) is 0 Å². The maximum absolute atomic E-state index is 10.5. The van der Waals surface area contributed by atoms with Gasteiger partial charge < -0.3 is 15.8 Å². The highest BCUT2D eigenvalue weighted by molar-refractivity contribution is 8.14. The molecule has 0 unspecified atom stereocenters. The highest BCUT2D eigenvalue weighted by Crippen LogP contribution is 2.20. The molecule has 2 aliphatic rings. The fourth-order valence-electron chi connectivity index (χ4n) is 2.69. The van der Waals surface area contributed by atoms with E-state index < -0.39 is 0 Å². The van der Waals surface area contributed by atoms with Gasteiger partial charge in [0.15, 0.2) is 5.17 Å². The van der Waals surface area contributed by atoms with Gasteiger partial charge in [-0.05, 0) is 18.4 Å². The van der Waals surface area contributed by atoms with Gasteiger partial charge in [0.05, 0.1) is 25.8 Å². The normalized spacial score (nSPS) is 19.9. The van der Waals surface area contributed by atoms with Crippen molar-refractivity contribution >= 4 is 29.6 Å². The number of nitrogens with one attached hydrogen (secondary N) is 1. The van der Waals surface area contributed by atoms with E-state index in [9.17, 15) is 4.79 Å². The van der Waals surface area contributed by atoms with Crippen molar-refractivity contribution in [2.75, 3.05) is 25.4 Å². The minimum absolute atomic E-state index is 0.422. The molecule has 0 spiro atoms. The molecule has 1 saturated carbocycles. The number of nitrogens with two attached hydrogens (primary N) is 1. The van der Waals surface area contributed by atoms with Gasteiger partial charge >= 0.3 is 0 Å². The number of hydrogen-bond acceptors (Lipinski definition) is 6. The van der Waals surface area contributed by atoms with Crippen molar-refractivity contribution in [1.82, 2.24) is 5.32 Å². The van der Waals surface area contributed by atoms with Crippen LogP contribution < -0.4 is 11.1 Å². The number of ether oxygens (including phenoxy) is 1. The van der Waals surface area contributed by atoms with Crippen LogP contribution in [0.1, 0.15) is 25.7 Å². The summed E-state index contributed by atoms with van der Waals surface area (Å²) in [6.45, 7) is 1.79. The lowest BCUT2D eigenvalue weighted by atomic mass is 10.1. The summed E-state index contributed by atoms with van der Waals surface area (Å²) in [5, 5.41) is 3.22. The van der Waals surface area contributed by atoms with Gasteiger partial charge in [-0.3, -0.25) is 14.8 Å². The van der Waals surface area contributed by atoms with Gasteiger partial charge in [-0.2, -0.15) is 0 Å². The molecule has 7 heteroatoms. The molecule has 0 saturated heterocycles. The van der Waals surface area contributed by atoms with E-state index >= 15 is 0 Å². The van der Waals surface area contributed by atoms with Gasteiger partial charge in [-0.25, -0.2) is 0 Å². The van der Waals surface area contributed by atoms with E-state index in [1.54, 1.807) is 12.4 Å². The van der Waals surface area contributed by atoms with Crippen LogP contribution in [-0.4, -0.2) is 49.3 Å². The van der Waals surface area contributed by atoms with Crippen molar-refractivity contribution in [2.45, 2.75) is 31.8 Å². The number of aliphatic imine (C=N–C) groups is 2. The Kier molecular flexibility index (Phi) is 9.07. The van der Waals surface area contributed by atoms with Gasteiger partial charge in [0.2, 0.25) is 6.41 Å². The van der Waals surface area contributed by atoms with Gasteiger partial charge in [-0.15, -0.1) is 0 Å². The van der Waals surface area contributed by atoms with Gasteiger partial charge in [0.1, 0.15) is 0 Å². The molecular formula is C18H26N4O2S. The van der Waals surface area contributed by atoms with Crippen molar-refractivity contribution in [2.24, 2.45) is 15.7 Å². The fourth-order valence-corrected chi connectivity index (χ4v) is 3.41. The third kappa shape index (κ3) is 7.27. The van der Waals surface area contributed by atoms with E-state index in [-0.39, 0.29) is 0 Å². The molecule has 6 nitrogen and oxygen atoms in total. The van der Waals surface area contributed by atoms with E-state index in [1.807, 2.05) is 18.2 Å². The fraction of sp³-hybridized carbons (Fsp3) is 0.500. The molecule has 1 aliphatic heterocycles. The second kappa shape index (κ2) is 11.7. The summed E-state index contributed by atoms with van der Waals surface area (Å²) in [7, 11) is 0. The molecule has 1 aliphatic carbocycles. The number of rotatable bonds is 7. The quantitative estimate of drug-likeness (QED) is 0.413. The Balaban J connectivity index is 1.83. The average Bonchev–Trinajstić information content (AvgIpc) is 3.16. The van der Waals surface area contributed by atoms with Crippen LogP contribution in [0.25, 0.3) is 0 Å². The average molecular weight is 362 g/mol. The Hall–Kier alpha value is -1.86. The number of hydrogen-bond donors (Lipinski definition) is 2. The molecule has 0 bridgehead atoms. The Morgan fingerprint density at radius 3 is 3.08 bits per heavy atom. The highest BCUT2D eigenvalue weighted by atomic mass is 32.2. The summed E-state index contributed by atoms with van der Waals surface area (Å²) in [5.74, 6) is 0.690. The zero-order valence-corrected chi connectivity index (χ0v) is 15.2. The van der Waals surface area contributed by atoms with Crippen molar-refractivity contribution in [3.8, 4) is 0 Å². The number of allylic oxidation sites excluding steroid dienone is 3. The van der Waals surface area contributed by atoms with Crippen LogP contribution in [0.15, 0.2) is 45.6 Å². The number of thioether (sulfide) groups is 1. The minimum atomic E-state index is 0.422. The molecule has 1 fully saturated rings. The third-order valence-electron chi connectivity index (χ3n) is 3.96. The number of carbonyl (C=O) groups excluding carboxylic acids is 1. The second-order valence-corrected chi connectivity index (χ2v) is 6.72. The van der Waals surface area contributed by atoms with Gasteiger partial charge in [0, 0.05) is 23.7 Å². The number of amidine groups is 1. The van der Waals surface area contributed by atoms with E-state index in [0.29, 0.717) is 43.1 Å². The Bertz CT molecular complexity index is 576. The summed E-state index contributed by atoms with van der Waals surface area (Å²) >= 11 is 1.47. The van der Waals surface area contributed by atoms with Crippen molar-refractivity contribution < 1.29 is 9.53 Å². The molecule has 0 radical (unpaired) electrons. The zero-order valence-electron chi connectivity index (χ0n) is 14.4. The van der Waals surface area contributed by atoms with Crippen LogP contribution in [0.3, 0.4) is 0 Å². The molecule has 1 heterocycles. The highest BCUT2D eigenvalue weighted by Gasteiger charge is 2.14. The molecule has 136 valence electrons. The van der Waals surface area contributed by atoms with Gasteiger partial charge in [-0.1, -0.05) is 42.8 Å². The number of nitrogens with zero attached hydrogens (tertiary/aromatic N) is 2. The van der Waals surface area contributed by atoms with E-state index in [2.05, 4.69) is 15.3 Å². The predicted octanol–water partition coefficient (Wildman–Crippen LogP) is 2.19. The molecule has 25 heavy (non-hydrogen) atoms. The van der Waals surface area contributed by atoms with Crippen LogP contribution in [0, 0.1) is 0 Å². The van der Waals surface area contributed by atoms with Crippen molar-refractivity contribution in [1.29, 1.82) is 0 Å². The predicted molar refractivity (Wildman–Crippen MR) is 105 cm³/mol. The first-order chi connectivity index (χ1) is 12.3. The lowest BCUT2D eigenvalue weighted by Crippen LogP contribution is -2.18. The summed E-state index contributed by atoms with van der Waals surface area (Å²) in [5.41, 5.74) is 7.63. The first-order valence-electron chi connectivity index (χ1n) is 8.61. The molecular weight excluding hydrogens is 336 g/mol. The Labute approximate surface area is 153 Å². The summed E-state index contributed by atoms with van der Waals surface area (Å²) in [6, 6.07) is 0. The SMILES string of the molecule is N/C=C(\C=NCCOC1CCCC1)C1=CCSC(NC=O)=NCC=C1. The minimum Gasteiger partial charge on any atom is -0.404 e. The topological polar surface area (TPSA) is 89.1 Å². The molecule has 1 amide bonds. The standard InChI is InChI=1S/C18H26N4O2S/c19-12-16(13-20-9-10-24-17-5-1-2-6-17)15-4-3-8-21-18(22-14-23)25-11-7-15/h3-4,7,12-14,17H,1-2,5-6,8-11,19H2,(H,21,22,23)/b4-3?,15-7?,16-12+,20-13?. The third-order valence-corrected chi connectivity index (χ3v) is 4.82. The second-order valence-electron chi connectivity index (χ2n) is 5.72. The number of amides is 1. The number of carbonyl (C=O) groups is 1. The van der Waals surface area contributed by atoms with Crippen molar-refractivity contribution in [3.05, 3.63) is 35.6 Å². The van der Waals surface area contributed by atoms with Crippen LogP contribution in [-0.2, 0) is 9.53 Å². The van der Waals surface area contributed by atoms with Crippen LogP contribution in [0.5, 0.6) is 0 Å². The Morgan fingerprint density at radius 1 is 1.48 bits per heavy atom. The largest absolute Gasteiger partial charge is 0.404 e. The van der Waals surface area contributed by atoms with E-state index in [1.165, 1.54) is 37.4 Å². The van der Waals surface area contributed by atoms with Crippen molar-refractivity contribution in [3.63, 3.8) is 0 Å². The maximum atomic E-state index is 10.5. The first-order valence-corrected chi connectivity index (χ1v) is 9.60. The van der Waals surface area contributed by atoms with Crippen LogP contribution in [0.4, 0.5) is 0 Å². The van der Waals surface area contributed by atoms with E-state index in [0.717, 1.165) is 11.1 Å². The molecule has 0 aromatic carbocycles. The van der Waals surface area contributed by atoms with E-state index in [4.69, 9.17) is 10.5 Å².